The van der Waals surface area contributed by atoms with Gasteiger partial charge in [-0.15, -0.1) is 0 Å². The Morgan fingerprint density at radius 2 is 0.762 bits per heavy atom. The second kappa shape index (κ2) is 32.8. The van der Waals surface area contributed by atoms with Crippen LogP contribution in [0.4, 0.5) is 0 Å². The van der Waals surface area contributed by atoms with Crippen LogP contribution < -0.4 is 0 Å². The molecule has 0 aliphatic rings. The summed E-state index contributed by atoms with van der Waals surface area (Å²) in [7, 11) is 1.19. The Morgan fingerprint density at radius 3 is 0.905 bits per heavy atom. The van der Waals surface area contributed by atoms with Gasteiger partial charge < -0.3 is 20.1 Å². The normalized spacial score (nSPS) is 8.86. The molecule has 4 nitrogen and oxygen atoms in total. The van der Waals surface area contributed by atoms with Gasteiger partial charge >= 0.3 is 0 Å². The molecule has 0 aromatic carbocycles. The van der Waals surface area contributed by atoms with E-state index in [0.29, 0.717) is 0 Å². The van der Waals surface area contributed by atoms with Gasteiger partial charge in [0.2, 0.25) is 0 Å². The Morgan fingerprint density at radius 1 is 0.571 bits per heavy atom. The molecule has 0 fully saturated rings. The summed E-state index contributed by atoms with van der Waals surface area (Å²) in [6.07, 6.45) is 7.39. The fourth-order valence-corrected chi connectivity index (χ4v) is 5.68. The first-order valence-corrected chi connectivity index (χ1v) is 10.3. The molecular formula is C15H40O4SiZr. The smallest absolute Gasteiger partial charge is 0.188 e. The van der Waals surface area contributed by atoms with Crippen molar-refractivity contribution < 1.29 is 46.3 Å². The van der Waals surface area contributed by atoms with Crippen molar-refractivity contribution in [2.45, 2.75) is 77.4 Å². The van der Waals surface area contributed by atoms with Gasteiger partial charge in [-0.1, -0.05) is 59.3 Å². The van der Waals surface area contributed by atoms with Crippen molar-refractivity contribution in [2.75, 3.05) is 21.3 Å². The molecule has 0 heterocycles. The topological polar surface area (TPSA) is 80.9 Å². The van der Waals surface area contributed by atoms with Crippen LogP contribution in [0.3, 0.4) is 0 Å². The Bertz CT molecular complexity index is 119. The third-order valence-electron chi connectivity index (χ3n) is 2.99. The SMILES string of the molecule is CCCC[Si](O)(CCCC)CCCC.CO.CO.CO.[Zr]. The number of unbranched alkanes of at least 4 members (excludes halogenated alkanes) is 3. The van der Waals surface area contributed by atoms with E-state index in [1.54, 1.807) is 0 Å². The zero-order valence-corrected chi connectivity index (χ0v) is 18.6. The van der Waals surface area contributed by atoms with Gasteiger partial charge in [-0.2, -0.15) is 0 Å². The average Bonchev–Trinajstić information content (AvgIpc) is 2.55. The summed E-state index contributed by atoms with van der Waals surface area (Å²) < 4.78 is 0. The Hall–Kier alpha value is 0.940. The summed E-state index contributed by atoms with van der Waals surface area (Å²) in [6, 6.07) is 3.43. The van der Waals surface area contributed by atoms with Gasteiger partial charge in [-0.05, 0) is 18.1 Å². The van der Waals surface area contributed by atoms with Crippen LogP contribution in [0.15, 0.2) is 0 Å². The minimum absolute atomic E-state index is 0. The van der Waals surface area contributed by atoms with E-state index in [9.17, 15) is 4.80 Å². The molecule has 4 N–H and O–H groups in total. The minimum Gasteiger partial charge on any atom is -0.432 e. The monoisotopic (exact) mass is 402 g/mol. The zero-order valence-electron chi connectivity index (χ0n) is 15.2. The fraction of sp³-hybridized carbons (Fsp3) is 1.00. The second-order valence-electron chi connectivity index (χ2n) is 4.54. The fourth-order valence-electron chi connectivity index (χ4n) is 1.89. The number of rotatable bonds is 9. The van der Waals surface area contributed by atoms with Gasteiger partial charge in [0.15, 0.2) is 8.32 Å². The summed E-state index contributed by atoms with van der Waals surface area (Å²) in [5.41, 5.74) is 0. The van der Waals surface area contributed by atoms with Crippen molar-refractivity contribution in [1.82, 2.24) is 0 Å². The van der Waals surface area contributed by atoms with Gasteiger partial charge in [0.05, 0.1) is 0 Å². The van der Waals surface area contributed by atoms with Crippen LogP contribution in [0.25, 0.3) is 0 Å². The van der Waals surface area contributed by atoms with Gasteiger partial charge in [-0.25, -0.2) is 0 Å². The van der Waals surface area contributed by atoms with Gasteiger partial charge in [0.1, 0.15) is 0 Å². The first-order chi connectivity index (χ1) is 9.68. The summed E-state index contributed by atoms with van der Waals surface area (Å²) in [6.45, 7) is 6.65. The van der Waals surface area contributed by atoms with Crippen molar-refractivity contribution >= 4 is 8.32 Å². The average molecular weight is 404 g/mol. The van der Waals surface area contributed by atoms with Crippen LogP contribution >= 0.6 is 0 Å². The van der Waals surface area contributed by atoms with E-state index in [-0.39, 0.29) is 26.2 Å². The predicted molar refractivity (Wildman–Crippen MR) is 91.5 cm³/mol. The van der Waals surface area contributed by atoms with Crippen LogP contribution in [-0.2, 0) is 26.2 Å². The number of hydrogen-bond donors (Lipinski definition) is 4. The van der Waals surface area contributed by atoms with Crippen LogP contribution in [0, 0.1) is 0 Å². The molecule has 132 valence electrons. The maximum Gasteiger partial charge on any atom is 0.188 e. The van der Waals surface area contributed by atoms with Crippen LogP contribution in [0.2, 0.25) is 18.1 Å². The molecule has 0 aliphatic carbocycles. The molecule has 21 heavy (non-hydrogen) atoms. The van der Waals surface area contributed by atoms with E-state index in [1.165, 1.54) is 38.5 Å². The van der Waals surface area contributed by atoms with Crippen molar-refractivity contribution in [1.29, 1.82) is 0 Å². The zero-order chi connectivity index (χ0) is 16.9. The number of hydrogen-bond acceptors (Lipinski definition) is 4. The molecule has 0 spiro atoms. The Balaban J connectivity index is -0.000000107. The molecular weight excluding hydrogens is 363 g/mol. The van der Waals surface area contributed by atoms with Crippen molar-refractivity contribution in [3.05, 3.63) is 0 Å². The molecule has 0 aromatic rings. The summed E-state index contributed by atoms with van der Waals surface area (Å²) in [4.78, 5) is 10.5. The third kappa shape index (κ3) is 29.6. The molecule has 0 aliphatic heterocycles. The molecule has 0 radical (unpaired) electrons. The Kier molecular flexibility index (Phi) is 52.3. The molecule has 0 rings (SSSR count). The first-order valence-electron chi connectivity index (χ1n) is 7.75. The van der Waals surface area contributed by atoms with Crippen molar-refractivity contribution in [3.8, 4) is 0 Å². The molecule has 0 aromatic heterocycles. The quantitative estimate of drug-likeness (QED) is 0.446. The summed E-state index contributed by atoms with van der Waals surface area (Å²) >= 11 is 0. The minimum atomic E-state index is -1.81. The van der Waals surface area contributed by atoms with Crippen LogP contribution in [0.1, 0.15) is 59.3 Å². The van der Waals surface area contributed by atoms with E-state index in [4.69, 9.17) is 15.3 Å². The van der Waals surface area contributed by atoms with E-state index in [0.717, 1.165) is 39.5 Å². The number of aliphatic hydroxyl groups is 3. The van der Waals surface area contributed by atoms with Crippen molar-refractivity contribution in [2.24, 2.45) is 0 Å². The van der Waals surface area contributed by atoms with E-state index >= 15 is 0 Å². The molecule has 0 saturated heterocycles. The molecule has 0 unspecified atom stereocenters. The number of aliphatic hydroxyl groups excluding tert-OH is 3. The molecule has 0 saturated carbocycles. The maximum atomic E-state index is 10.5. The maximum absolute atomic E-state index is 10.5. The van der Waals surface area contributed by atoms with Gasteiger partial charge in [0, 0.05) is 47.5 Å². The van der Waals surface area contributed by atoms with Crippen molar-refractivity contribution in [3.63, 3.8) is 0 Å². The van der Waals surface area contributed by atoms with Gasteiger partial charge in [0.25, 0.3) is 0 Å². The molecule has 0 amide bonds. The standard InChI is InChI=1S/C12H28OSi.3CH4O.Zr/c1-4-7-10-14(13,11-8-5-2)12-9-6-3;3*1-2;/h13H,4-12H2,1-3H3;3*2H,1H3;. The second-order valence-corrected chi connectivity index (χ2v) is 8.48. The van der Waals surface area contributed by atoms with E-state index in [1.807, 2.05) is 0 Å². The van der Waals surface area contributed by atoms with E-state index < -0.39 is 8.32 Å². The van der Waals surface area contributed by atoms with Crippen LogP contribution in [-0.4, -0.2) is 49.8 Å². The van der Waals surface area contributed by atoms with Crippen LogP contribution in [0.5, 0.6) is 0 Å². The van der Waals surface area contributed by atoms with Gasteiger partial charge in [-0.3, -0.25) is 0 Å². The largest absolute Gasteiger partial charge is 0.432 e. The molecule has 0 bridgehead atoms. The first kappa shape index (κ1) is 33.5. The summed E-state index contributed by atoms with van der Waals surface area (Å²) in [5.74, 6) is 0. The third-order valence-corrected chi connectivity index (χ3v) is 6.84. The molecule has 6 heteroatoms. The molecule has 0 atom stereocenters. The predicted octanol–water partition coefficient (Wildman–Crippen LogP) is 3.15. The Labute approximate surface area is 153 Å². The summed E-state index contributed by atoms with van der Waals surface area (Å²) in [5, 5.41) is 21.0. The van der Waals surface area contributed by atoms with E-state index in [2.05, 4.69) is 20.8 Å².